The van der Waals surface area contributed by atoms with Gasteiger partial charge in [0.05, 0.1) is 9.70 Å². The van der Waals surface area contributed by atoms with E-state index in [1.165, 1.54) is 11.3 Å². The molecule has 0 bridgehead atoms. The molecular formula is C7H7BrOS. The van der Waals surface area contributed by atoms with Crippen molar-refractivity contribution in [2.75, 3.05) is 0 Å². The van der Waals surface area contributed by atoms with Gasteiger partial charge in [0.2, 0.25) is 0 Å². The summed E-state index contributed by atoms with van der Waals surface area (Å²) < 4.78 is 0. The standard InChI is InChI=1S/C7H7BrOS/c1-5(8)7(9)6-3-2-4-10-6/h2-5H,1H3/t5-/m0/s1. The van der Waals surface area contributed by atoms with Crippen LogP contribution in [0.5, 0.6) is 0 Å². The molecule has 0 aliphatic rings. The van der Waals surface area contributed by atoms with Crippen LogP contribution in [0.1, 0.15) is 16.6 Å². The minimum Gasteiger partial charge on any atom is -0.292 e. The third-order valence-electron chi connectivity index (χ3n) is 1.13. The first kappa shape index (κ1) is 7.95. The lowest BCUT2D eigenvalue weighted by atomic mass is 10.3. The largest absolute Gasteiger partial charge is 0.292 e. The Morgan fingerprint density at radius 1 is 1.80 bits per heavy atom. The Morgan fingerprint density at radius 3 is 2.90 bits per heavy atom. The first-order chi connectivity index (χ1) is 4.72. The highest BCUT2D eigenvalue weighted by Gasteiger charge is 2.11. The molecule has 54 valence electrons. The van der Waals surface area contributed by atoms with Gasteiger partial charge in [-0.3, -0.25) is 4.79 Å². The molecule has 1 rings (SSSR count). The first-order valence-corrected chi connectivity index (χ1v) is 4.73. The van der Waals surface area contributed by atoms with Crippen molar-refractivity contribution in [3.63, 3.8) is 0 Å². The molecule has 1 aromatic rings. The topological polar surface area (TPSA) is 17.1 Å². The number of carbonyl (C=O) groups excluding carboxylic acids is 1. The summed E-state index contributed by atoms with van der Waals surface area (Å²) in [4.78, 5) is 11.9. The second kappa shape index (κ2) is 3.30. The number of rotatable bonds is 2. The SMILES string of the molecule is C[C@H](Br)C(=O)c1cccs1. The fraction of sp³-hybridized carbons (Fsp3) is 0.286. The number of hydrogen-bond donors (Lipinski definition) is 0. The van der Waals surface area contributed by atoms with Crippen LogP contribution in [0.15, 0.2) is 17.5 Å². The zero-order valence-corrected chi connectivity index (χ0v) is 7.91. The monoisotopic (exact) mass is 218 g/mol. The van der Waals surface area contributed by atoms with Crippen molar-refractivity contribution in [2.45, 2.75) is 11.8 Å². The summed E-state index contributed by atoms with van der Waals surface area (Å²) in [5, 5.41) is 1.91. The minimum absolute atomic E-state index is 0.0637. The Labute approximate surface area is 72.2 Å². The summed E-state index contributed by atoms with van der Waals surface area (Å²) in [5.74, 6) is 0.162. The Balaban J connectivity index is 2.78. The van der Waals surface area contributed by atoms with E-state index >= 15 is 0 Å². The molecule has 0 saturated carbocycles. The molecule has 0 N–H and O–H groups in total. The zero-order chi connectivity index (χ0) is 7.56. The van der Waals surface area contributed by atoms with E-state index in [1.54, 1.807) is 0 Å². The molecule has 0 fully saturated rings. The van der Waals surface area contributed by atoms with Gasteiger partial charge in [-0.2, -0.15) is 0 Å². The van der Waals surface area contributed by atoms with Gasteiger partial charge in [-0.25, -0.2) is 0 Å². The summed E-state index contributed by atoms with van der Waals surface area (Å²) in [5.41, 5.74) is 0. The second-order valence-corrected chi connectivity index (χ2v) is 4.28. The van der Waals surface area contributed by atoms with Gasteiger partial charge >= 0.3 is 0 Å². The number of hydrogen-bond acceptors (Lipinski definition) is 2. The van der Waals surface area contributed by atoms with E-state index in [4.69, 9.17) is 0 Å². The maximum atomic E-state index is 11.2. The van der Waals surface area contributed by atoms with Crippen LogP contribution >= 0.6 is 27.3 Å². The average Bonchev–Trinajstić information content (AvgIpc) is 2.36. The number of carbonyl (C=O) groups is 1. The van der Waals surface area contributed by atoms with E-state index in [0.29, 0.717) is 0 Å². The van der Waals surface area contributed by atoms with Crippen LogP contribution in [-0.2, 0) is 0 Å². The summed E-state index contributed by atoms with van der Waals surface area (Å²) in [6.45, 7) is 1.84. The van der Waals surface area contributed by atoms with Crippen LogP contribution < -0.4 is 0 Å². The van der Waals surface area contributed by atoms with Gasteiger partial charge in [0.1, 0.15) is 0 Å². The molecule has 0 spiro atoms. The fourth-order valence-corrected chi connectivity index (χ4v) is 1.77. The second-order valence-electron chi connectivity index (χ2n) is 1.96. The van der Waals surface area contributed by atoms with Crippen LogP contribution in [0.2, 0.25) is 0 Å². The van der Waals surface area contributed by atoms with Gasteiger partial charge in [-0.1, -0.05) is 22.0 Å². The van der Waals surface area contributed by atoms with Gasteiger partial charge in [-0.05, 0) is 18.4 Å². The molecule has 1 aromatic heterocycles. The molecule has 0 aliphatic carbocycles. The Kier molecular flexibility index (Phi) is 2.63. The summed E-state index contributed by atoms with van der Waals surface area (Å²) in [7, 11) is 0. The summed E-state index contributed by atoms with van der Waals surface area (Å²) >= 11 is 4.70. The predicted octanol–water partition coefficient (Wildman–Crippen LogP) is 2.71. The maximum Gasteiger partial charge on any atom is 0.186 e. The van der Waals surface area contributed by atoms with E-state index in [9.17, 15) is 4.79 Å². The van der Waals surface area contributed by atoms with Crippen molar-refractivity contribution >= 4 is 33.0 Å². The molecule has 1 heterocycles. The number of alkyl halides is 1. The minimum atomic E-state index is -0.0637. The smallest absolute Gasteiger partial charge is 0.186 e. The maximum absolute atomic E-state index is 11.2. The van der Waals surface area contributed by atoms with Crippen molar-refractivity contribution in [1.29, 1.82) is 0 Å². The lowest BCUT2D eigenvalue weighted by Gasteiger charge is -1.96. The average molecular weight is 219 g/mol. The Bertz CT molecular complexity index is 216. The van der Waals surface area contributed by atoms with E-state index in [-0.39, 0.29) is 10.6 Å². The quantitative estimate of drug-likeness (QED) is 0.552. The van der Waals surface area contributed by atoms with Crippen molar-refractivity contribution in [3.8, 4) is 0 Å². The van der Waals surface area contributed by atoms with Crippen molar-refractivity contribution in [3.05, 3.63) is 22.4 Å². The molecule has 0 saturated heterocycles. The van der Waals surface area contributed by atoms with Crippen LogP contribution in [0, 0.1) is 0 Å². The highest BCUT2D eigenvalue weighted by atomic mass is 79.9. The molecule has 0 aromatic carbocycles. The van der Waals surface area contributed by atoms with Crippen LogP contribution in [0.4, 0.5) is 0 Å². The number of halogens is 1. The van der Waals surface area contributed by atoms with Gasteiger partial charge in [0.15, 0.2) is 5.78 Å². The lowest BCUT2D eigenvalue weighted by molar-refractivity contribution is 0.0999. The highest BCUT2D eigenvalue weighted by Crippen LogP contribution is 2.14. The molecule has 0 radical (unpaired) electrons. The van der Waals surface area contributed by atoms with Gasteiger partial charge < -0.3 is 0 Å². The third kappa shape index (κ3) is 1.67. The van der Waals surface area contributed by atoms with Crippen LogP contribution in [0.3, 0.4) is 0 Å². The predicted molar refractivity (Wildman–Crippen MR) is 47.0 cm³/mol. The van der Waals surface area contributed by atoms with Crippen molar-refractivity contribution < 1.29 is 4.79 Å². The highest BCUT2D eigenvalue weighted by molar-refractivity contribution is 9.10. The molecule has 1 atom stereocenters. The lowest BCUT2D eigenvalue weighted by Crippen LogP contribution is -2.07. The van der Waals surface area contributed by atoms with Gasteiger partial charge in [0, 0.05) is 0 Å². The molecule has 0 aliphatic heterocycles. The number of ketones is 1. The molecular weight excluding hydrogens is 212 g/mol. The van der Waals surface area contributed by atoms with Crippen LogP contribution in [0.25, 0.3) is 0 Å². The van der Waals surface area contributed by atoms with E-state index in [0.717, 1.165) is 4.88 Å². The molecule has 10 heavy (non-hydrogen) atoms. The fourth-order valence-electron chi connectivity index (χ4n) is 0.615. The van der Waals surface area contributed by atoms with Crippen molar-refractivity contribution in [2.24, 2.45) is 0 Å². The first-order valence-electron chi connectivity index (χ1n) is 2.93. The number of thiophene rings is 1. The molecule has 3 heteroatoms. The normalized spacial score (nSPS) is 13.0. The van der Waals surface area contributed by atoms with E-state index in [1.807, 2.05) is 24.4 Å². The van der Waals surface area contributed by atoms with Crippen LogP contribution in [-0.4, -0.2) is 10.6 Å². The van der Waals surface area contributed by atoms with Crippen molar-refractivity contribution in [1.82, 2.24) is 0 Å². The Morgan fingerprint density at radius 2 is 2.50 bits per heavy atom. The molecule has 0 unspecified atom stereocenters. The van der Waals surface area contributed by atoms with E-state index < -0.39 is 0 Å². The van der Waals surface area contributed by atoms with E-state index in [2.05, 4.69) is 15.9 Å². The molecule has 1 nitrogen and oxygen atoms in total. The number of Topliss-reactive ketones (excluding diaryl/α,β-unsaturated/α-hetero) is 1. The third-order valence-corrected chi connectivity index (χ3v) is 2.43. The summed E-state index contributed by atoms with van der Waals surface area (Å²) in [6, 6.07) is 3.72. The van der Waals surface area contributed by atoms with Gasteiger partial charge in [-0.15, -0.1) is 11.3 Å². The van der Waals surface area contributed by atoms with Gasteiger partial charge in [0.25, 0.3) is 0 Å². The summed E-state index contributed by atoms with van der Waals surface area (Å²) in [6.07, 6.45) is 0. The Hall–Kier alpha value is -0.150. The molecule has 0 amide bonds. The zero-order valence-electron chi connectivity index (χ0n) is 5.50.